The summed E-state index contributed by atoms with van der Waals surface area (Å²) in [6, 6.07) is 8.18. The van der Waals surface area contributed by atoms with Crippen LogP contribution in [0.4, 0.5) is 11.5 Å². The van der Waals surface area contributed by atoms with Crippen LogP contribution in [0.1, 0.15) is 61.4 Å². The van der Waals surface area contributed by atoms with Crippen LogP contribution in [-0.4, -0.2) is 61.3 Å². The minimum atomic E-state index is 0.101. The highest BCUT2D eigenvalue weighted by Crippen LogP contribution is 2.35. The van der Waals surface area contributed by atoms with E-state index >= 15 is 0 Å². The number of pyridine rings is 1. The van der Waals surface area contributed by atoms with E-state index in [9.17, 15) is 9.59 Å². The standard InChI is InChI=1S/C29H38N4O2/c1-3-33(29(35)23-6-4-5-7-23)27-17-25(16-26(20-34)21(27)2)24-10-11-30-28(18-24)32-14-12-31(13-15-32)19-22-8-9-22/h10-11,16-18,20,22-23H,3-9,12-15,19H2,1-2H3. The van der Waals surface area contributed by atoms with Gasteiger partial charge in [-0.15, -0.1) is 0 Å². The monoisotopic (exact) mass is 474 g/mol. The van der Waals surface area contributed by atoms with Gasteiger partial charge in [-0.2, -0.15) is 0 Å². The van der Waals surface area contributed by atoms with Gasteiger partial charge in [-0.3, -0.25) is 14.5 Å². The predicted octanol–water partition coefficient (Wildman–Crippen LogP) is 4.94. The summed E-state index contributed by atoms with van der Waals surface area (Å²) in [6.07, 6.45) is 9.76. The molecule has 0 radical (unpaired) electrons. The highest BCUT2D eigenvalue weighted by Gasteiger charge is 2.29. The number of hydrogen-bond acceptors (Lipinski definition) is 5. The maximum atomic E-state index is 13.4. The number of amides is 1. The number of rotatable bonds is 8. The molecule has 186 valence electrons. The third-order valence-corrected chi connectivity index (χ3v) is 8.11. The summed E-state index contributed by atoms with van der Waals surface area (Å²) in [5, 5.41) is 0. The van der Waals surface area contributed by atoms with Gasteiger partial charge in [0.05, 0.1) is 0 Å². The van der Waals surface area contributed by atoms with Crippen molar-refractivity contribution in [3.05, 3.63) is 41.6 Å². The molecule has 2 aliphatic carbocycles. The van der Waals surface area contributed by atoms with Crippen LogP contribution in [0.3, 0.4) is 0 Å². The molecule has 1 aromatic heterocycles. The molecule has 1 amide bonds. The Hall–Kier alpha value is -2.73. The van der Waals surface area contributed by atoms with Gasteiger partial charge in [-0.1, -0.05) is 12.8 Å². The Labute approximate surface area is 209 Å². The smallest absolute Gasteiger partial charge is 0.230 e. The van der Waals surface area contributed by atoms with Crippen LogP contribution >= 0.6 is 0 Å². The van der Waals surface area contributed by atoms with E-state index in [1.165, 1.54) is 19.4 Å². The molecule has 0 spiro atoms. The molecule has 2 aromatic rings. The van der Waals surface area contributed by atoms with Gasteiger partial charge >= 0.3 is 0 Å². The molecule has 3 aliphatic rings. The minimum Gasteiger partial charge on any atom is -0.354 e. The van der Waals surface area contributed by atoms with Crippen LogP contribution in [0, 0.1) is 18.8 Å². The van der Waals surface area contributed by atoms with E-state index in [1.54, 1.807) is 0 Å². The lowest BCUT2D eigenvalue weighted by molar-refractivity contribution is -0.122. The number of benzene rings is 1. The number of nitrogens with zero attached hydrogens (tertiary/aromatic N) is 4. The van der Waals surface area contributed by atoms with Gasteiger partial charge in [0.15, 0.2) is 0 Å². The first-order chi connectivity index (χ1) is 17.1. The topological polar surface area (TPSA) is 56.8 Å². The van der Waals surface area contributed by atoms with E-state index in [1.807, 2.05) is 37.1 Å². The Kier molecular flexibility index (Phi) is 7.19. The molecule has 1 aromatic carbocycles. The lowest BCUT2D eigenvalue weighted by atomic mass is 9.97. The summed E-state index contributed by atoms with van der Waals surface area (Å²) in [7, 11) is 0. The summed E-state index contributed by atoms with van der Waals surface area (Å²) in [4.78, 5) is 36.9. The number of anilines is 2. The number of aromatic nitrogens is 1. The molecule has 1 aliphatic heterocycles. The van der Waals surface area contributed by atoms with E-state index in [4.69, 9.17) is 0 Å². The minimum absolute atomic E-state index is 0.101. The SMILES string of the molecule is CCN(C(=O)C1CCCC1)c1cc(-c2ccnc(N3CCN(CC4CC4)CC3)c2)cc(C=O)c1C. The van der Waals surface area contributed by atoms with E-state index < -0.39 is 0 Å². The molecular weight excluding hydrogens is 436 g/mol. The highest BCUT2D eigenvalue weighted by atomic mass is 16.2. The third kappa shape index (κ3) is 5.27. The molecule has 0 unspecified atom stereocenters. The Morgan fingerprint density at radius 1 is 1.06 bits per heavy atom. The second-order valence-corrected chi connectivity index (χ2v) is 10.5. The quantitative estimate of drug-likeness (QED) is 0.507. The lowest BCUT2D eigenvalue weighted by Gasteiger charge is -2.35. The van der Waals surface area contributed by atoms with Gasteiger partial charge < -0.3 is 9.80 Å². The zero-order chi connectivity index (χ0) is 24.4. The van der Waals surface area contributed by atoms with Crippen molar-refractivity contribution >= 4 is 23.7 Å². The molecule has 0 bridgehead atoms. The summed E-state index contributed by atoms with van der Waals surface area (Å²) in [5.74, 6) is 2.21. The summed E-state index contributed by atoms with van der Waals surface area (Å²) < 4.78 is 0. The number of piperazine rings is 1. The summed E-state index contributed by atoms with van der Waals surface area (Å²) in [6.45, 7) is 9.96. The van der Waals surface area contributed by atoms with Crippen LogP contribution in [0.5, 0.6) is 0 Å². The first kappa shape index (κ1) is 24.0. The number of hydrogen-bond donors (Lipinski definition) is 0. The van der Waals surface area contributed by atoms with Crippen molar-refractivity contribution in [3.8, 4) is 11.1 Å². The molecule has 2 saturated carbocycles. The lowest BCUT2D eigenvalue weighted by Crippen LogP contribution is -2.47. The van der Waals surface area contributed by atoms with Gasteiger partial charge in [0, 0.05) is 62.6 Å². The average molecular weight is 475 g/mol. The van der Waals surface area contributed by atoms with Gasteiger partial charge in [0.1, 0.15) is 12.1 Å². The fourth-order valence-corrected chi connectivity index (χ4v) is 5.72. The summed E-state index contributed by atoms with van der Waals surface area (Å²) in [5.41, 5.74) is 4.36. The van der Waals surface area contributed by atoms with Crippen molar-refractivity contribution in [3.63, 3.8) is 0 Å². The van der Waals surface area contributed by atoms with Crippen molar-refractivity contribution in [1.82, 2.24) is 9.88 Å². The van der Waals surface area contributed by atoms with Crippen LogP contribution in [0.2, 0.25) is 0 Å². The van der Waals surface area contributed by atoms with Gasteiger partial charge in [-0.05, 0) is 86.4 Å². The van der Waals surface area contributed by atoms with E-state index in [2.05, 4.69) is 26.9 Å². The molecule has 6 heteroatoms. The predicted molar refractivity (Wildman–Crippen MR) is 141 cm³/mol. The zero-order valence-electron chi connectivity index (χ0n) is 21.2. The maximum Gasteiger partial charge on any atom is 0.230 e. The molecule has 35 heavy (non-hydrogen) atoms. The largest absolute Gasteiger partial charge is 0.354 e. The normalized spacial score (nSPS) is 19.2. The molecule has 5 rings (SSSR count). The number of carbonyl (C=O) groups excluding carboxylic acids is 2. The van der Waals surface area contributed by atoms with Crippen molar-refractivity contribution in [2.45, 2.75) is 52.4 Å². The average Bonchev–Trinajstić information content (AvgIpc) is 3.53. The van der Waals surface area contributed by atoms with E-state index in [0.29, 0.717) is 12.1 Å². The van der Waals surface area contributed by atoms with Crippen molar-refractivity contribution in [2.75, 3.05) is 49.1 Å². The second kappa shape index (κ2) is 10.5. The first-order valence-electron chi connectivity index (χ1n) is 13.4. The Morgan fingerprint density at radius 2 is 1.80 bits per heavy atom. The molecule has 6 nitrogen and oxygen atoms in total. The molecular formula is C29H38N4O2. The Balaban J connectivity index is 1.40. The van der Waals surface area contributed by atoms with Crippen LogP contribution in [-0.2, 0) is 4.79 Å². The second-order valence-electron chi connectivity index (χ2n) is 10.5. The Morgan fingerprint density at radius 3 is 2.46 bits per heavy atom. The Bertz CT molecular complexity index is 1070. The van der Waals surface area contributed by atoms with Crippen LogP contribution in [0.25, 0.3) is 11.1 Å². The van der Waals surface area contributed by atoms with Crippen molar-refractivity contribution in [1.29, 1.82) is 0 Å². The fraction of sp³-hybridized carbons (Fsp3) is 0.552. The van der Waals surface area contributed by atoms with E-state index in [-0.39, 0.29) is 11.8 Å². The van der Waals surface area contributed by atoms with Crippen LogP contribution in [0.15, 0.2) is 30.5 Å². The number of carbonyl (C=O) groups is 2. The maximum absolute atomic E-state index is 13.4. The molecule has 3 fully saturated rings. The first-order valence-corrected chi connectivity index (χ1v) is 13.4. The fourth-order valence-electron chi connectivity index (χ4n) is 5.72. The van der Waals surface area contributed by atoms with E-state index in [0.717, 1.165) is 92.3 Å². The van der Waals surface area contributed by atoms with Gasteiger partial charge in [0.25, 0.3) is 0 Å². The molecule has 1 saturated heterocycles. The third-order valence-electron chi connectivity index (χ3n) is 8.11. The summed E-state index contributed by atoms with van der Waals surface area (Å²) >= 11 is 0. The molecule has 0 atom stereocenters. The van der Waals surface area contributed by atoms with Crippen molar-refractivity contribution < 1.29 is 9.59 Å². The highest BCUT2D eigenvalue weighted by molar-refractivity contribution is 5.98. The van der Waals surface area contributed by atoms with Crippen molar-refractivity contribution in [2.24, 2.45) is 11.8 Å². The zero-order valence-corrected chi connectivity index (χ0v) is 21.2. The van der Waals surface area contributed by atoms with Gasteiger partial charge in [0.2, 0.25) is 5.91 Å². The van der Waals surface area contributed by atoms with Crippen LogP contribution < -0.4 is 9.80 Å². The van der Waals surface area contributed by atoms with Gasteiger partial charge in [-0.25, -0.2) is 4.98 Å². The number of aldehydes is 1. The molecule has 0 N–H and O–H groups in total. The molecule has 2 heterocycles.